The van der Waals surface area contributed by atoms with Crippen molar-refractivity contribution in [2.75, 3.05) is 19.9 Å². The number of nitrogens with one attached hydrogen (secondary N) is 1. The van der Waals surface area contributed by atoms with Crippen LogP contribution in [0.2, 0.25) is 5.02 Å². The third-order valence-electron chi connectivity index (χ3n) is 5.74. The second kappa shape index (κ2) is 8.67. The Morgan fingerprint density at radius 3 is 2.73 bits per heavy atom. The van der Waals surface area contributed by atoms with Crippen LogP contribution in [0.4, 0.5) is 5.82 Å². The summed E-state index contributed by atoms with van der Waals surface area (Å²) < 4.78 is 7.68. The van der Waals surface area contributed by atoms with Gasteiger partial charge in [0, 0.05) is 35.0 Å². The van der Waals surface area contributed by atoms with Crippen molar-refractivity contribution in [1.29, 1.82) is 0 Å². The number of nitrogens with zero attached hydrogens (tertiary/aromatic N) is 5. The number of hydrogen-bond donors (Lipinski definition) is 2. The summed E-state index contributed by atoms with van der Waals surface area (Å²) in [6, 6.07) is 5.14. The van der Waals surface area contributed by atoms with Gasteiger partial charge >= 0.3 is 0 Å². The van der Waals surface area contributed by atoms with Crippen molar-refractivity contribution in [2.45, 2.75) is 26.8 Å². The Morgan fingerprint density at radius 2 is 2.03 bits per heavy atom. The number of amides is 1. The standard InChI is InChI=1S/C23H24ClN7O2/c1-11-16(24)9-15(13(3)31-22-18(12(2)30-31)21(25)28-10-29-22)20(33-5)17(11)14-7-6-8-27-19(14)23(32)26-4/h6-10,13H,1-5H3,(H,26,32)(H2,25,28,29). The topological polar surface area (TPSA) is 121 Å². The van der Waals surface area contributed by atoms with Gasteiger partial charge in [-0.05, 0) is 38.5 Å². The lowest BCUT2D eigenvalue weighted by Crippen LogP contribution is -2.20. The van der Waals surface area contributed by atoms with Gasteiger partial charge in [0.2, 0.25) is 0 Å². The molecule has 0 radical (unpaired) electrons. The highest BCUT2D eigenvalue weighted by Gasteiger charge is 2.27. The number of halogens is 1. The van der Waals surface area contributed by atoms with E-state index in [9.17, 15) is 4.79 Å². The molecular formula is C23H24ClN7O2. The van der Waals surface area contributed by atoms with E-state index in [1.807, 2.05) is 32.9 Å². The van der Waals surface area contributed by atoms with Crippen molar-refractivity contribution < 1.29 is 9.53 Å². The van der Waals surface area contributed by atoms with Crippen LogP contribution in [0.1, 0.15) is 40.3 Å². The van der Waals surface area contributed by atoms with Gasteiger partial charge in [-0.25, -0.2) is 14.6 Å². The first-order valence-corrected chi connectivity index (χ1v) is 10.7. The Morgan fingerprint density at radius 1 is 1.27 bits per heavy atom. The number of nitrogens with two attached hydrogens (primary N) is 1. The molecule has 0 bridgehead atoms. The van der Waals surface area contributed by atoms with E-state index in [0.717, 1.165) is 16.8 Å². The summed E-state index contributed by atoms with van der Waals surface area (Å²) in [6.07, 6.45) is 2.99. The number of carbonyl (C=O) groups excluding carboxylic acids is 1. The highest BCUT2D eigenvalue weighted by molar-refractivity contribution is 6.32. The van der Waals surface area contributed by atoms with Gasteiger partial charge in [-0.2, -0.15) is 5.10 Å². The van der Waals surface area contributed by atoms with Crippen LogP contribution in [0.3, 0.4) is 0 Å². The number of aryl methyl sites for hydroxylation is 1. The molecule has 0 fully saturated rings. The van der Waals surface area contributed by atoms with Crippen LogP contribution in [0.25, 0.3) is 22.2 Å². The predicted molar refractivity (Wildman–Crippen MR) is 128 cm³/mol. The van der Waals surface area contributed by atoms with Crippen LogP contribution in [-0.2, 0) is 0 Å². The zero-order chi connectivity index (χ0) is 23.9. The summed E-state index contributed by atoms with van der Waals surface area (Å²) in [5.74, 6) is 0.643. The Labute approximate surface area is 196 Å². The molecule has 0 aliphatic carbocycles. The van der Waals surface area contributed by atoms with Crippen molar-refractivity contribution in [3.63, 3.8) is 0 Å². The number of fused-ring (bicyclic) bond motifs is 1. The van der Waals surface area contributed by atoms with Gasteiger partial charge in [-0.3, -0.25) is 9.78 Å². The zero-order valence-electron chi connectivity index (χ0n) is 19.0. The molecule has 4 aromatic rings. The van der Waals surface area contributed by atoms with E-state index < -0.39 is 0 Å². The summed E-state index contributed by atoms with van der Waals surface area (Å²) in [4.78, 5) is 25.3. The average Bonchev–Trinajstić information content (AvgIpc) is 3.17. The molecular weight excluding hydrogens is 442 g/mol. The summed E-state index contributed by atoms with van der Waals surface area (Å²) in [5.41, 5.74) is 10.6. The van der Waals surface area contributed by atoms with Crippen molar-refractivity contribution >= 4 is 34.4 Å². The molecule has 3 aromatic heterocycles. The number of carbonyl (C=O) groups is 1. The van der Waals surface area contributed by atoms with E-state index in [0.29, 0.717) is 38.8 Å². The van der Waals surface area contributed by atoms with Crippen LogP contribution < -0.4 is 15.8 Å². The van der Waals surface area contributed by atoms with Gasteiger partial charge in [0.05, 0.1) is 24.2 Å². The van der Waals surface area contributed by atoms with Crippen LogP contribution >= 0.6 is 11.6 Å². The summed E-state index contributed by atoms with van der Waals surface area (Å²) in [7, 11) is 3.15. The largest absolute Gasteiger partial charge is 0.496 e. The van der Waals surface area contributed by atoms with Crippen LogP contribution in [0.15, 0.2) is 30.7 Å². The normalized spacial score (nSPS) is 12.1. The van der Waals surface area contributed by atoms with Crippen LogP contribution in [-0.4, -0.2) is 44.8 Å². The Balaban J connectivity index is 1.99. The molecule has 10 heteroatoms. The van der Waals surface area contributed by atoms with E-state index in [1.165, 1.54) is 6.33 Å². The molecule has 0 aliphatic rings. The lowest BCUT2D eigenvalue weighted by molar-refractivity contribution is 0.0959. The predicted octanol–water partition coefficient (Wildman–Crippen LogP) is 3.72. The molecule has 4 rings (SSSR count). The number of rotatable bonds is 5. The first kappa shape index (κ1) is 22.5. The van der Waals surface area contributed by atoms with Crippen molar-refractivity contribution in [3.05, 3.63) is 58.3 Å². The Hall–Kier alpha value is -3.72. The summed E-state index contributed by atoms with van der Waals surface area (Å²) in [5, 5.41) is 8.55. The number of pyridine rings is 1. The minimum absolute atomic E-state index is 0.281. The highest BCUT2D eigenvalue weighted by atomic mass is 35.5. The van der Waals surface area contributed by atoms with Crippen molar-refractivity contribution in [3.8, 4) is 16.9 Å². The average molecular weight is 466 g/mol. The number of methoxy groups -OCH3 is 1. The van der Waals surface area contributed by atoms with Crippen molar-refractivity contribution in [1.82, 2.24) is 30.0 Å². The molecule has 3 heterocycles. The van der Waals surface area contributed by atoms with Crippen LogP contribution in [0.5, 0.6) is 5.75 Å². The van der Waals surface area contributed by atoms with E-state index in [2.05, 4.69) is 25.4 Å². The number of nitrogen functional groups attached to an aromatic ring is 1. The molecule has 0 saturated carbocycles. The second-order valence-corrected chi connectivity index (χ2v) is 8.03. The Bertz CT molecular complexity index is 1380. The third-order valence-corrected chi connectivity index (χ3v) is 6.13. The van der Waals surface area contributed by atoms with E-state index in [-0.39, 0.29) is 17.6 Å². The number of hydrogen-bond acceptors (Lipinski definition) is 7. The fourth-order valence-electron chi connectivity index (χ4n) is 4.08. The van der Waals surface area contributed by atoms with Crippen LogP contribution in [0, 0.1) is 13.8 Å². The van der Waals surface area contributed by atoms with E-state index in [1.54, 1.807) is 31.1 Å². The fraction of sp³-hybridized carbons (Fsp3) is 0.261. The third kappa shape index (κ3) is 3.64. The number of aromatic nitrogens is 5. The number of benzene rings is 1. The van der Waals surface area contributed by atoms with Gasteiger partial charge in [-0.15, -0.1) is 0 Å². The molecule has 0 spiro atoms. The SMILES string of the molecule is CNC(=O)c1ncccc1-c1c(C)c(Cl)cc(C(C)n2nc(C)c3c(N)ncnc32)c1OC. The Kier molecular flexibility index (Phi) is 5.90. The number of ether oxygens (including phenoxy) is 1. The maximum Gasteiger partial charge on any atom is 0.270 e. The van der Waals surface area contributed by atoms with E-state index in [4.69, 9.17) is 22.1 Å². The lowest BCUT2D eigenvalue weighted by Gasteiger charge is -2.23. The summed E-state index contributed by atoms with van der Waals surface area (Å²) in [6.45, 7) is 5.72. The molecule has 1 unspecified atom stereocenters. The maximum absolute atomic E-state index is 12.5. The monoisotopic (exact) mass is 465 g/mol. The zero-order valence-corrected chi connectivity index (χ0v) is 19.7. The smallest absolute Gasteiger partial charge is 0.270 e. The van der Waals surface area contributed by atoms with Gasteiger partial charge in [0.15, 0.2) is 5.65 Å². The molecule has 0 aliphatic heterocycles. The lowest BCUT2D eigenvalue weighted by atomic mass is 9.92. The number of anilines is 1. The minimum Gasteiger partial charge on any atom is -0.496 e. The molecule has 1 aromatic carbocycles. The molecule has 170 valence electrons. The molecule has 3 N–H and O–H groups in total. The molecule has 1 atom stereocenters. The van der Waals surface area contributed by atoms with Gasteiger partial charge < -0.3 is 15.8 Å². The first-order valence-electron chi connectivity index (χ1n) is 10.3. The van der Waals surface area contributed by atoms with Crippen molar-refractivity contribution in [2.24, 2.45) is 0 Å². The minimum atomic E-state index is -0.317. The first-order chi connectivity index (χ1) is 15.8. The molecule has 0 saturated heterocycles. The quantitative estimate of drug-likeness (QED) is 0.460. The highest BCUT2D eigenvalue weighted by Crippen LogP contribution is 2.44. The summed E-state index contributed by atoms with van der Waals surface area (Å²) >= 11 is 6.69. The molecule has 33 heavy (non-hydrogen) atoms. The van der Waals surface area contributed by atoms with Gasteiger partial charge in [-0.1, -0.05) is 17.7 Å². The molecule has 1 amide bonds. The molecule has 9 nitrogen and oxygen atoms in total. The maximum atomic E-state index is 12.5. The van der Waals surface area contributed by atoms with Gasteiger partial charge in [0.1, 0.15) is 23.6 Å². The van der Waals surface area contributed by atoms with E-state index >= 15 is 0 Å². The van der Waals surface area contributed by atoms with Gasteiger partial charge in [0.25, 0.3) is 5.91 Å². The second-order valence-electron chi connectivity index (χ2n) is 7.62. The fourth-order valence-corrected chi connectivity index (χ4v) is 4.29.